The number of hydrogen-bond acceptors (Lipinski definition) is 4. The molecule has 2 rings (SSSR count). The minimum absolute atomic E-state index is 0.139. The van der Waals surface area contributed by atoms with Crippen molar-refractivity contribution < 1.29 is 9.66 Å². The Morgan fingerprint density at radius 3 is 3.09 bits per heavy atom. The third-order valence-electron chi connectivity index (χ3n) is 1.26. The Morgan fingerprint density at radius 2 is 2.36 bits per heavy atom. The minimum atomic E-state index is -0.475. The van der Waals surface area contributed by atoms with Crippen molar-refractivity contribution >= 4 is 18.1 Å². The van der Waals surface area contributed by atoms with Crippen molar-refractivity contribution in [3.63, 3.8) is 0 Å². The highest BCUT2D eigenvalue weighted by atomic mass is 16.5. The number of aliphatic imine (C=N–C) groups is 2. The van der Waals surface area contributed by atoms with E-state index in [0.717, 1.165) is 12.5 Å². The molecule has 0 unspecified atom stereocenters. The number of nitrogens with zero attached hydrogens (tertiary/aromatic N) is 4. The lowest BCUT2D eigenvalue weighted by Gasteiger charge is -1.93. The zero-order chi connectivity index (χ0) is 7.84. The molecule has 1 amide bonds. The summed E-state index contributed by atoms with van der Waals surface area (Å²) in [6.45, 7) is 0. The van der Waals surface area contributed by atoms with Crippen molar-refractivity contribution in [2.24, 2.45) is 15.1 Å². The lowest BCUT2D eigenvalue weighted by Crippen LogP contribution is -2.10. The zero-order valence-corrected chi connectivity index (χ0v) is 5.26. The molecule has 0 fully saturated rings. The summed E-state index contributed by atoms with van der Waals surface area (Å²) in [6.07, 6.45) is 2.13. The van der Waals surface area contributed by atoms with E-state index >= 15 is 0 Å². The molecule has 0 bridgehead atoms. The van der Waals surface area contributed by atoms with E-state index in [1.807, 2.05) is 0 Å². The van der Waals surface area contributed by atoms with Crippen LogP contribution >= 0.6 is 0 Å². The van der Waals surface area contributed by atoms with Gasteiger partial charge in [-0.2, -0.15) is 4.99 Å². The van der Waals surface area contributed by atoms with Gasteiger partial charge in [-0.1, -0.05) is 4.86 Å². The van der Waals surface area contributed by atoms with Gasteiger partial charge < -0.3 is 5.21 Å². The Balaban J connectivity index is 2.53. The van der Waals surface area contributed by atoms with Crippen LogP contribution in [0, 0.1) is 5.21 Å². The van der Waals surface area contributed by atoms with Crippen LogP contribution in [-0.2, 0) is 4.79 Å². The van der Waals surface area contributed by atoms with Gasteiger partial charge in [-0.3, -0.25) is 4.79 Å². The van der Waals surface area contributed by atoms with E-state index in [9.17, 15) is 10.0 Å². The highest BCUT2D eigenvalue weighted by Gasteiger charge is 2.28. The first-order valence-corrected chi connectivity index (χ1v) is 2.82. The second-order valence-corrected chi connectivity index (χ2v) is 1.95. The van der Waals surface area contributed by atoms with Crippen LogP contribution < -0.4 is 0 Å². The quantitative estimate of drug-likeness (QED) is 0.354. The Labute approximate surface area is 60.9 Å². The average molecular weight is 150 g/mol. The summed E-state index contributed by atoms with van der Waals surface area (Å²) in [5, 5.41) is 13.9. The number of carbonyl (C=O) groups is 1. The first kappa shape index (κ1) is 5.90. The first-order chi connectivity index (χ1) is 5.27. The van der Waals surface area contributed by atoms with Gasteiger partial charge >= 0.3 is 0 Å². The van der Waals surface area contributed by atoms with E-state index in [1.165, 1.54) is 0 Å². The molecule has 0 aromatic rings. The van der Waals surface area contributed by atoms with Crippen LogP contribution in [0.1, 0.15) is 0 Å². The van der Waals surface area contributed by atoms with Crippen LogP contribution in [0.5, 0.6) is 0 Å². The molecule has 0 radical (unpaired) electrons. The van der Waals surface area contributed by atoms with Gasteiger partial charge in [0.2, 0.25) is 12.0 Å². The third-order valence-corrected chi connectivity index (χ3v) is 1.26. The normalized spacial score (nSPS) is 20.7. The van der Waals surface area contributed by atoms with E-state index in [4.69, 9.17) is 0 Å². The van der Waals surface area contributed by atoms with Gasteiger partial charge in [0, 0.05) is 5.11 Å². The van der Waals surface area contributed by atoms with E-state index in [-0.39, 0.29) is 11.4 Å². The highest BCUT2D eigenvalue weighted by Crippen LogP contribution is 2.12. The molecule has 54 valence electrons. The number of amidine groups is 1. The van der Waals surface area contributed by atoms with E-state index in [0.29, 0.717) is 4.86 Å². The van der Waals surface area contributed by atoms with Crippen molar-refractivity contribution in [3.05, 3.63) is 17.0 Å². The number of rotatable bonds is 0. The van der Waals surface area contributed by atoms with Gasteiger partial charge in [0.15, 0.2) is 5.57 Å². The summed E-state index contributed by atoms with van der Waals surface area (Å²) in [5.41, 5.74) is 0.155. The molecule has 0 saturated heterocycles. The second kappa shape index (κ2) is 1.82. The number of carbonyl (C=O) groups excluding carboxylic acids is 1. The Kier molecular flexibility index (Phi) is 0.974. The molecular formula is C5H2N4O2. The van der Waals surface area contributed by atoms with Gasteiger partial charge in [-0.25, -0.2) is 4.99 Å². The summed E-state index contributed by atoms with van der Waals surface area (Å²) < 4.78 is 0. The number of hydrogen-bond donors (Lipinski definition) is 0. The number of amides is 1. The number of fused-ring (bicyclic) bond motifs is 1. The van der Waals surface area contributed by atoms with Crippen molar-refractivity contribution in [1.29, 1.82) is 0 Å². The fraction of sp³-hybridized carbons (Fsp3) is 0. The van der Waals surface area contributed by atoms with Crippen molar-refractivity contribution in [1.82, 2.24) is 0 Å². The SMILES string of the molecule is O=C1N=CN=C2N=[N+]([O-])C=C12. The lowest BCUT2D eigenvalue weighted by molar-refractivity contribution is -0.445. The van der Waals surface area contributed by atoms with Gasteiger partial charge in [0.25, 0.3) is 5.91 Å². The van der Waals surface area contributed by atoms with Crippen LogP contribution in [0.2, 0.25) is 0 Å². The van der Waals surface area contributed by atoms with Crippen molar-refractivity contribution in [2.75, 3.05) is 0 Å². The Hall–Kier alpha value is -1.85. The third kappa shape index (κ3) is 0.759. The predicted molar refractivity (Wildman–Crippen MR) is 35.1 cm³/mol. The largest absolute Gasteiger partial charge is 0.594 e. The molecule has 0 N–H and O–H groups in total. The Bertz CT molecular complexity index is 349. The van der Waals surface area contributed by atoms with Gasteiger partial charge in [0.05, 0.1) is 0 Å². The molecule has 2 aliphatic heterocycles. The van der Waals surface area contributed by atoms with Crippen molar-refractivity contribution in [3.8, 4) is 0 Å². The molecule has 0 aromatic heterocycles. The van der Waals surface area contributed by atoms with E-state index in [1.54, 1.807) is 0 Å². The molecule has 0 atom stereocenters. The molecule has 6 heteroatoms. The van der Waals surface area contributed by atoms with Gasteiger partial charge in [-0.15, -0.1) is 0 Å². The Morgan fingerprint density at radius 1 is 1.55 bits per heavy atom. The average Bonchev–Trinajstić information content (AvgIpc) is 2.31. The molecule has 0 saturated carbocycles. The molecule has 2 heterocycles. The highest BCUT2D eigenvalue weighted by molar-refractivity contribution is 6.26. The molecule has 11 heavy (non-hydrogen) atoms. The maximum Gasteiger partial charge on any atom is 0.288 e. The molecule has 0 aliphatic carbocycles. The number of azo groups is 1. The van der Waals surface area contributed by atoms with Crippen LogP contribution in [-0.4, -0.2) is 22.9 Å². The van der Waals surface area contributed by atoms with Gasteiger partial charge in [-0.05, 0) is 0 Å². The van der Waals surface area contributed by atoms with Gasteiger partial charge in [0.1, 0.15) is 6.34 Å². The van der Waals surface area contributed by atoms with Crippen LogP contribution in [0.4, 0.5) is 0 Å². The fourth-order valence-electron chi connectivity index (χ4n) is 0.796. The first-order valence-electron chi connectivity index (χ1n) is 2.82. The standard InChI is InChI=1S/C5H2N4O2/c10-5-3-1-9(11)8-4(3)6-2-7-5/h1-2H. The zero-order valence-electron chi connectivity index (χ0n) is 5.26. The predicted octanol–water partition coefficient (Wildman–Crippen LogP) is -0.187. The van der Waals surface area contributed by atoms with Crippen LogP contribution in [0.15, 0.2) is 26.9 Å². The maximum absolute atomic E-state index is 10.8. The summed E-state index contributed by atoms with van der Waals surface area (Å²) in [4.78, 5) is 18.1. The van der Waals surface area contributed by atoms with E-state index in [2.05, 4.69) is 15.1 Å². The molecule has 6 nitrogen and oxygen atoms in total. The second-order valence-electron chi connectivity index (χ2n) is 1.95. The monoisotopic (exact) mass is 150 g/mol. The molecular weight excluding hydrogens is 148 g/mol. The summed E-state index contributed by atoms with van der Waals surface area (Å²) in [6, 6.07) is 0. The topological polar surface area (TPSA) is 80.2 Å². The smallest absolute Gasteiger partial charge is 0.288 e. The number of hydroxylamine groups is 1. The molecule has 0 aromatic carbocycles. The molecule has 0 spiro atoms. The van der Waals surface area contributed by atoms with Crippen LogP contribution in [0.25, 0.3) is 0 Å². The fourth-order valence-corrected chi connectivity index (χ4v) is 0.796. The van der Waals surface area contributed by atoms with Crippen molar-refractivity contribution in [2.45, 2.75) is 0 Å². The maximum atomic E-state index is 10.8. The minimum Gasteiger partial charge on any atom is -0.594 e. The van der Waals surface area contributed by atoms with E-state index < -0.39 is 5.91 Å². The molecule has 2 aliphatic rings. The van der Waals surface area contributed by atoms with Crippen LogP contribution in [0.3, 0.4) is 0 Å². The lowest BCUT2D eigenvalue weighted by atomic mass is 10.2. The summed E-state index contributed by atoms with van der Waals surface area (Å²) in [7, 11) is 0. The summed E-state index contributed by atoms with van der Waals surface area (Å²) in [5.74, 6) is -0.336. The summed E-state index contributed by atoms with van der Waals surface area (Å²) >= 11 is 0.